The number of rotatable bonds is 6. The fourth-order valence-corrected chi connectivity index (χ4v) is 1.83. The van der Waals surface area contributed by atoms with Gasteiger partial charge in [-0.25, -0.2) is 0 Å². The van der Waals surface area contributed by atoms with Crippen molar-refractivity contribution in [2.24, 2.45) is 0 Å². The third-order valence-corrected chi connectivity index (χ3v) is 3.04. The second-order valence-electron chi connectivity index (χ2n) is 4.53. The first-order valence-corrected chi connectivity index (χ1v) is 6.69. The smallest absolute Gasteiger partial charge is 0.253 e. The fraction of sp³-hybridized carbons (Fsp3) is 0.500. The van der Waals surface area contributed by atoms with Crippen LogP contribution in [-0.4, -0.2) is 31.4 Å². The maximum atomic E-state index is 11.8. The normalized spacial score (nSPS) is 10.2. The molecule has 1 aromatic rings. The van der Waals surface area contributed by atoms with Gasteiger partial charge in [0.05, 0.1) is 10.7 Å². The number of anilines is 1. The summed E-state index contributed by atoms with van der Waals surface area (Å²) < 4.78 is 0. The van der Waals surface area contributed by atoms with Crippen molar-refractivity contribution >= 4 is 23.2 Å². The Hall–Kier alpha value is -1.22. The quantitative estimate of drug-likeness (QED) is 0.799. The Balaban J connectivity index is 2.72. The Morgan fingerprint density at radius 1 is 1.33 bits per heavy atom. The molecule has 0 aliphatic rings. The monoisotopic (exact) mass is 268 g/mol. The van der Waals surface area contributed by atoms with Crippen LogP contribution in [0.3, 0.4) is 0 Å². The van der Waals surface area contributed by atoms with Crippen LogP contribution in [0.1, 0.15) is 36.5 Å². The predicted octanol–water partition coefficient (Wildman–Crippen LogP) is 3.64. The summed E-state index contributed by atoms with van der Waals surface area (Å²) in [5.41, 5.74) is 1.49. The molecule has 0 unspecified atom stereocenters. The number of nitrogens with zero attached hydrogens (tertiary/aromatic N) is 1. The molecule has 0 aromatic heterocycles. The van der Waals surface area contributed by atoms with E-state index in [0.29, 0.717) is 10.6 Å². The van der Waals surface area contributed by atoms with Crippen LogP contribution in [0.15, 0.2) is 18.2 Å². The average Bonchev–Trinajstić information content (AvgIpc) is 2.35. The summed E-state index contributed by atoms with van der Waals surface area (Å²) >= 11 is 6.11. The molecule has 0 saturated heterocycles. The zero-order valence-corrected chi connectivity index (χ0v) is 12.0. The van der Waals surface area contributed by atoms with E-state index in [1.54, 1.807) is 31.1 Å². The molecule has 3 nitrogen and oxygen atoms in total. The summed E-state index contributed by atoms with van der Waals surface area (Å²) in [5, 5.41) is 3.93. The van der Waals surface area contributed by atoms with Crippen LogP contribution in [0.5, 0.6) is 0 Å². The van der Waals surface area contributed by atoms with E-state index in [1.807, 2.05) is 6.07 Å². The van der Waals surface area contributed by atoms with Crippen molar-refractivity contribution < 1.29 is 4.79 Å². The molecule has 1 amide bonds. The first-order valence-electron chi connectivity index (χ1n) is 6.31. The van der Waals surface area contributed by atoms with Crippen LogP contribution < -0.4 is 5.32 Å². The Morgan fingerprint density at radius 2 is 2.06 bits per heavy atom. The SMILES string of the molecule is CCCCCNc1cc(C(=O)N(C)C)ccc1Cl. The topological polar surface area (TPSA) is 32.3 Å². The van der Waals surface area contributed by atoms with Gasteiger partial charge in [0.25, 0.3) is 5.91 Å². The highest BCUT2D eigenvalue weighted by molar-refractivity contribution is 6.33. The molecule has 0 bridgehead atoms. The minimum atomic E-state index is -0.0109. The van der Waals surface area contributed by atoms with Gasteiger partial charge in [-0.15, -0.1) is 0 Å². The molecule has 1 rings (SSSR count). The standard InChI is InChI=1S/C14H21ClN2O/c1-4-5-6-9-16-13-10-11(7-8-12(13)15)14(18)17(2)3/h7-8,10,16H,4-6,9H2,1-3H3. The molecule has 0 aliphatic heterocycles. The molecule has 0 fully saturated rings. The molecule has 100 valence electrons. The number of carbonyl (C=O) groups is 1. The van der Waals surface area contributed by atoms with Crippen LogP contribution in [0, 0.1) is 0 Å². The molecule has 1 aromatic carbocycles. The fourth-order valence-electron chi connectivity index (χ4n) is 1.65. The van der Waals surface area contributed by atoms with Gasteiger partial charge in [0.15, 0.2) is 0 Å². The average molecular weight is 269 g/mol. The van der Waals surface area contributed by atoms with E-state index in [0.717, 1.165) is 18.7 Å². The Bertz CT molecular complexity index is 405. The summed E-state index contributed by atoms with van der Waals surface area (Å²) in [7, 11) is 3.48. The second-order valence-corrected chi connectivity index (χ2v) is 4.94. The molecule has 0 spiro atoms. The number of hydrogen-bond acceptors (Lipinski definition) is 2. The number of hydrogen-bond donors (Lipinski definition) is 1. The minimum Gasteiger partial charge on any atom is -0.384 e. The zero-order valence-electron chi connectivity index (χ0n) is 11.3. The van der Waals surface area contributed by atoms with Crippen molar-refractivity contribution in [2.75, 3.05) is 26.0 Å². The van der Waals surface area contributed by atoms with E-state index in [-0.39, 0.29) is 5.91 Å². The molecule has 0 saturated carbocycles. The van der Waals surface area contributed by atoms with Gasteiger partial charge in [-0.1, -0.05) is 31.4 Å². The van der Waals surface area contributed by atoms with Crippen LogP contribution >= 0.6 is 11.6 Å². The van der Waals surface area contributed by atoms with Crippen molar-refractivity contribution in [3.05, 3.63) is 28.8 Å². The Labute approximate surface area is 114 Å². The van der Waals surface area contributed by atoms with Crippen LogP contribution in [0.2, 0.25) is 5.02 Å². The molecule has 0 aliphatic carbocycles. The zero-order chi connectivity index (χ0) is 13.5. The van der Waals surface area contributed by atoms with Gasteiger partial charge < -0.3 is 10.2 Å². The summed E-state index contributed by atoms with van der Waals surface area (Å²) in [5.74, 6) is -0.0109. The Morgan fingerprint density at radius 3 is 2.67 bits per heavy atom. The summed E-state index contributed by atoms with van der Waals surface area (Å²) in [6.07, 6.45) is 3.49. The molecule has 0 heterocycles. The van der Waals surface area contributed by atoms with Gasteiger partial charge in [-0.2, -0.15) is 0 Å². The molecule has 4 heteroatoms. The molecular weight excluding hydrogens is 248 g/mol. The first-order chi connectivity index (χ1) is 8.56. The summed E-state index contributed by atoms with van der Waals surface area (Å²) in [6, 6.07) is 5.33. The predicted molar refractivity (Wildman–Crippen MR) is 77.5 cm³/mol. The third kappa shape index (κ3) is 4.22. The highest BCUT2D eigenvalue weighted by atomic mass is 35.5. The van der Waals surface area contributed by atoms with Crippen molar-refractivity contribution in [1.82, 2.24) is 4.90 Å². The number of halogens is 1. The number of carbonyl (C=O) groups excluding carboxylic acids is 1. The lowest BCUT2D eigenvalue weighted by molar-refractivity contribution is 0.0827. The van der Waals surface area contributed by atoms with Crippen LogP contribution in [-0.2, 0) is 0 Å². The number of benzene rings is 1. The Kier molecular flexibility index (Phi) is 5.99. The van der Waals surface area contributed by atoms with Gasteiger partial charge in [0.1, 0.15) is 0 Å². The van der Waals surface area contributed by atoms with E-state index in [9.17, 15) is 4.79 Å². The molecule has 0 radical (unpaired) electrons. The number of amides is 1. The minimum absolute atomic E-state index is 0.0109. The summed E-state index contributed by atoms with van der Waals surface area (Å²) in [4.78, 5) is 13.4. The number of unbranched alkanes of at least 4 members (excludes halogenated alkanes) is 2. The van der Waals surface area contributed by atoms with E-state index in [1.165, 1.54) is 12.8 Å². The molecule has 0 atom stereocenters. The van der Waals surface area contributed by atoms with Crippen LogP contribution in [0.4, 0.5) is 5.69 Å². The van der Waals surface area contributed by atoms with E-state index >= 15 is 0 Å². The van der Waals surface area contributed by atoms with Crippen LogP contribution in [0.25, 0.3) is 0 Å². The molecule has 1 N–H and O–H groups in total. The van der Waals surface area contributed by atoms with Crippen molar-refractivity contribution in [2.45, 2.75) is 26.2 Å². The van der Waals surface area contributed by atoms with Crippen molar-refractivity contribution in [3.8, 4) is 0 Å². The number of nitrogens with one attached hydrogen (secondary N) is 1. The molecular formula is C14H21ClN2O. The largest absolute Gasteiger partial charge is 0.384 e. The van der Waals surface area contributed by atoms with Gasteiger partial charge in [0.2, 0.25) is 0 Å². The lowest BCUT2D eigenvalue weighted by Crippen LogP contribution is -2.21. The van der Waals surface area contributed by atoms with Crippen molar-refractivity contribution in [1.29, 1.82) is 0 Å². The molecule has 18 heavy (non-hydrogen) atoms. The highest BCUT2D eigenvalue weighted by Gasteiger charge is 2.10. The maximum Gasteiger partial charge on any atom is 0.253 e. The third-order valence-electron chi connectivity index (χ3n) is 2.72. The lowest BCUT2D eigenvalue weighted by atomic mass is 10.1. The van der Waals surface area contributed by atoms with Gasteiger partial charge in [-0.05, 0) is 24.6 Å². The highest BCUT2D eigenvalue weighted by Crippen LogP contribution is 2.23. The maximum absolute atomic E-state index is 11.8. The van der Waals surface area contributed by atoms with E-state index in [2.05, 4.69) is 12.2 Å². The second kappa shape index (κ2) is 7.27. The van der Waals surface area contributed by atoms with Crippen molar-refractivity contribution in [3.63, 3.8) is 0 Å². The summed E-state index contributed by atoms with van der Waals surface area (Å²) in [6.45, 7) is 3.05. The van der Waals surface area contributed by atoms with E-state index < -0.39 is 0 Å². The van der Waals surface area contributed by atoms with Gasteiger partial charge >= 0.3 is 0 Å². The first kappa shape index (κ1) is 14.8. The van der Waals surface area contributed by atoms with Gasteiger partial charge in [0, 0.05) is 26.2 Å². The van der Waals surface area contributed by atoms with Gasteiger partial charge in [-0.3, -0.25) is 4.79 Å². The van der Waals surface area contributed by atoms with E-state index in [4.69, 9.17) is 11.6 Å². The lowest BCUT2D eigenvalue weighted by Gasteiger charge is -2.13.